The summed E-state index contributed by atoms with van der Waals surface area (Å²) >= 11 is 0. The van der Waals surface area contributed by atoms with Crippen LogP contribution < -0.4 is 15.0 Å². The third kappa shape index (κ3) is 9.71. The quantitative estimate of drug-likeness (QED) is 0.0301. The topological polar surface area (TPSA) is 162 Å². The van der Waals surface area contributed by atoms with Gasteiger partial charge in [-0.3, -0.25) is 14.3 Å². The molecule has 15 nitrogen and oxygen atoms in total. The van der Waals surface area contributed by atoms with E-state index in [4.69, 9.17) is 33.0 Å². The highest BCUT2D eigenvalue weighted by Crippen LogP contribution is 2.51. The van der Waals surface area contributed by atoms with Crippen LogP contribution in [0.1, 0.15) is 70.4 Å². The fraction of sp³-hybridized carbons (Fsp3) is 0.432. The van der Waals surface area contributed by atoms with E-state index in [0.29, 0.717) is 29.4 Å². The number of aromatic nitrogens is 4. The molecule has 2 aromatic heterocycles. The van der Waals surface area contributed by atoms with Crippen LogP contribution in [0.15, 0.2) is 95.0 Å². The molecule has 5 aromatic rings. The molecule has 2 unspecified atom stereocenters. The number of hydrogen-bond acceptors (Lipinski definition) is 12. The van der Waals surface area contributed by atoms with E-state index in [1.54, 1.807) is 25.1 Å². The Morgan fingerprint density at radius 2 is 1.58 bits per heavy atom. The predicted molar refractivity (Wildman–Crippen MR) is 231 cm³/mol. The minimum Gasteiger partial charge on any atom is -0.497 e. The molecule has 1 aliphatic heterocycles. The lowest BCUT2D eigenvalue weighted by Crippen LogP contribution is -2.39. The summed E-state index contributed by atoms with van der Waals surface area (Å²) in [7, 11) is 5.33. The molecule has 6 rings (SSSR count). The molecule has 4 atom stereocenters. The maximum absolute atomic E-state index is 13.3. The number of hydrogen-bond donors (Lipinski definition) is 1. The largest absolute Gasteiger partial charge is 0.497 e. The average Bonchev–Trinajstić information content (AvgIpc) is 3.85. The number of nitriles is 1. The van der Waals surface area contributed by atoms with Gasteiger partial charge in [-0.1, -0.05) is 54.6 Å². The van der Waals surface area contributed by atoms with Gasteiger partial charge in [0.1, 0.15) is 35.3 Å². The highest BCUT2D eigenvalue weighted by Gasteiger charge is 2.45. The summed E-state index contributed by atoms with van der Waals surface area (Å²) < 4.78 is 42.8. The molecular weight excluding hydrogens is 784 g/mol. The third-order valence-electron chi connectivity index (χ3n) is 10.4. The van der Waals surface area contributed by atoms with Crippen LogP contribution in [0.25, 0.3) is 11.2 Å². The van der Waals surface area contributed by atoms with Gasteiger partial charge in [-0.2, -0.15) is 10.2 Å². The molecule has 0 aliphatic carbocycles. The fourth-order valence-corrected chi connectivity index (χ4v) is 9.01. The van der Waals surface area contributed by atoms with E-state index in [1.165, 1.54) is 0 Å². The third-order valence-corrected chi connectivity index (χ3v) is 12.5. The Hall–Kier alpha value is -5.20. The van der Waals surface area contributed by atoms with Crippen LogP contribution in [0.3, 0.4) is 0 Å². The summed E-state index contributed by atoms with van der Waals surface area (Å²) in [6.45, 7) is 10.5. The zero-order valence-corrected chi connectivity index (χ0v) is 36.6. The van der Waals surface area contributed by atoms with Crippen molar-refractivity contribution in [3.63, 3.8) is 0 Å². The van der Waals surface area contributed by atoms with Gasteiger partial charge in [0, 0.05) is 32.6 Å². The Labute approximate surface area is 352 Å². The smallest absolute Gasteiger partial charge is 0.280 e. The van der Waals surface area contributed by atoms with Gasteiger partial charge in [0.05, 0.1) is 52.4 Å². The summed E-state index contributed by atoms with van der Waals surface area (Å²) in [4.78, 5) is 31.6. The molecule has 0 amide bonds. The van der Waals surface area contributed by atoms with Crippen molar-refractivity contribution in [2.24, 2.45) is 4.99 Å². The number of imidazole rings is 1. The summed E-state index contributed by atoms with van der Waals surface area (Å²) in [5, 5.41) is 9.41. The number of aliphatic imine (C=N–C) groups is 1. The summed E-state index contributed by atoms with van der Waals surface area (Å²) in [5.74, 6) is 2.23. The Bertz CT molecular complexity index is 2240. The molecule has 1 aliphatic rings. The first-order valence-corrected chi connectivity index (χ1v) is 21.1. The van der Waals surface area contributed by atoms with Crippen molar-refractivity contribution in [1.82, 2.24) is 29.1 Å². The minimum atomic E-state index is -1.67. The number of nitrogens with zero attached hydrogens (tertiary/aromatic N) is 7. The zero-order chi connectivity index (χ0) is 43.0. The molecule has 1 fully saturated rings. The van der Waals surface area contributed by atoms with E-state index in [1.807, 2.05) is 105 Å². The van der Waals surface area contributed by atoms with Crippen molar-refractivity contribution in [2.75, 3.05) is 41.5 Å². The molecule has 1 N–H and O–H groups in total. The second-order valence-electron chi connectivity index (χ2n) is 15.1. The number of amidine groups is 1. The van der Waals surface area contributed by atoms with Crippen LogP contribution in [-0.4, -0.2) is 101 Å². The van der Waals surface area contributed by atoms with E-state index in [0.717, 1.165) is 16.7 Å². The van der Waals surface area contributed by atoms with E-state index >= 15 is 0 Å². The summed E-state index contributed by atoms with van der Waals surface area (Å²) in [5.41, 5.74) is 1.56. The Morgan fingerprint density at radius 1 is 0.983 bits per heavy atom. The second-order valence-corrected chi connectivity index (χ2v) is 16.5. The van der Waals surface area contributed by atoms with Crippen molar-refractivity contribution in [1.29, 1.82) is 5.26 Å². The molecule has 318 valence electrons. The van der Waals surface area contributed by atoms with E-state index in [9.17, 15) is 10.1 Å². The van der Waals surface area contributed by atoms with Gasteiger partial charge in [-0.25, -0.2) is 14.6 Å². The number of ether oxygens (including phenoxy) is 4. The lowest BCUT2D eigenvalue weighted by molar-refractivity contribution is -0.0912. The van der Waals surface area contributed by atoms with Gasteiger partial charge < -0.3 is 32.9 Å². The Balaban J connectivity index is 1.46. The molecular formula is C44H55N8O7P. The summed E-state index contributed by atoms with van der Waals surface area (Å²) in [6.07, 6.45) is 0.228. The van der Waals surface area contributed by atoms with Crippen LogP contribution in [0.4, 0.5) is 5.95 Å². The van der Waals surface area contributed by atoms with E-state index in [2.05, 4.69) is 53.4 Å². The van der Waals surface area contributed by atoms with Crippen LogP contribution in [0.5, 0.6) is 11.5 Å². The molecule has 3 heterocycles. The molecule has 3 aromatic carbocycles. The van der Waals surface area contributed by atoms with Crippen molar-refractivity contribution in [3.8, 4) is 17.6 Å². The maximum Gasteiger partial charge on any atom is 0.280 e. The van der Waals surface area contributed by atoms with Crippen molar-refractivity contribution in [3.05, 3.63) is 112 Å². The van der Waals surface area contributed by atoms with Gasteiger partial charge in [0.25, 0.3) is 14.1 Å². The minimum absolute atomic E-state index is 0.0665. The van der Waals surface area contributed by atoms with Gasteiger partial charge in [-0.15, -0.1) is 0 Å². The molecule has 1 saturated heterocycles. The number of aromatic amines is 1. The Kier molecular flexibility index (Phi) is 14.7. The average molecular weight is 839 g/mol. The van der Waals surface area contributed by atoms with Crippen LogP contribution in [0.2, 0.25) is 0 Å². The van der Waals surface area contributed by atoms with Crippen molar-refractivity contribution < 1.29 is 28.0 Å². The van der Waals surface area contributed by atoms with Crippen LogP contribution >= 0.6 is 8.53 Å². The summed E-state index contributed by atoms with van der Waals surface area (Å²) in [6, 6.07) is 28.1. The molecule has 0 saturated carbocycles. The first kappa shape index (κ1) is 44.4. The monoisotopic (exact) mass is 838 g/mol. The molecule has 0 radical (unpaired) electrons. The molecule has 0 bridgehead atoms. The first-order chi connectivity index (χ1) is 28.9. The second kappa shape index (κ2) is 19.9. The molecule has 16 heteroatoms. The van der Waals surface area contributed by atoms with Crippen LogP contribution in [0, 0.1) is 11.3 Å². The van der Waals surface area contributed by atoms with Crippen molar-refractivity contribution >= 4 is 31.5 Å². The SMILES string of the molecule is COc1ccc(C(OC[C@H]2O[C@@H](n3cnc4c(=O)[nH]c(N=C(C)N(C)C)nc43)CC2OP(OCCC#N)N(C(C)C)C(C)C)(c2ccccc2)c2ccc(OC)cc2)cc1. The number of H-pyrrole nitrogens is 1. The molecule has 0 spiro atoms. The fourth-order valence-electron chi connectivity index (χ4n) is 7.26. The molecule has 60 heavy (non-hydrogen) atoms. The normalized spacial score (nSPS) is 17.7. The standard InChI is InChI=1S/C44H55N8O7P/c1-29(2)52(30(3)4)60(57-25-13-24-45)59-37-26-39(51-28-46-40-41(51)48-43(49-42(40)53)47-31(5)50(6)7)58-38(37)27-56-44(32-14-11-10-12-15-32,33-16-20-35(54-8)21-17-33)34-18-22-36(55-9)23-19-34/h10-12,14-23,28-30,37-39H,13,25-27H2,1-9H3,(H,48,49,53)/t37?,38-,39-,60?/m1/s1. The highest BCUT2D eigenvalue weighted by molar-refractivity contribution is 7.44. The number of methoxy groups -OCH3 is 2. The van der Waals surface area contributed by atoms with Crippen LogP contribution in [-0.2, 0) is 24.1 Å². The zero-order valence-electron chi connectivity index (χ0n) is 35.7. The van der Waals surface area contributed by atoms with Gasteiger partial charge >= 0.3 is 0 Å². The van der Waals surface area contributed by atoms with Gasteiger partial charge in [0.2, 0.25) is 5.95 Å². The number of benzene rings is 3. The predicted octanol–water partition coefficient (Wildman–Crippen LogP) is 7.71. The number of nitrogens with one attached hydrogen (secondary N) is 1. The number of fused-ring (bicyclic) bond motifs is 1. The first-order valence-electron chi connectivity index (χ1n) is 20.0. The Morgan fingerprint density at radius 3 is 2.13 bits per heavy atom. The highest BCUT2D eigenvalue weighted by atomic mass is 31.2. The van der Waals surface area contributed by atoms with E-state index in [-0.39, 0.29) is 43.2 Å². The number of rotatable bonds is 18. The van der Waals surface area contributed by atoms with Gasteiger partial charge in [-0.05, 0) is 75.6 Å². The maximum atomic E-state index is 13.3. The van der Waals surface area contributed by atoms with Gasteiger partial charge in [0.15, 0.2) is 11.2 Å². The lowest BCUT2D eigenvalue weighted by atomic mass is 9.80. The van der Waals surface area contributed by atoms with E-state index < -0.39 is 38.1 Å². The van der Waals surface area contributed by atoms with Crippen molar-refractivity contribution in [2.45, 2.75) is 83.6 Å². The lowest BCUT2D eigenvalue weighted by Gasteiger charge is -2.39.